The molecule has 1 amide bonds. The van der Waals surface area contributed by atoms with Crippen LogP contribution in [0.15, 0.2) is 42.5 Å². The van der Waals surface area contributed by atoms with E-state index in [2.05, 4.69) is 17.1 Å². The minimum atomic E-state index is -0.394. The number of nitrogens with one attached hydrogen (secondary N) is 1. The van der Waals surface area contributed by atoms with Crippen molar-refractivity contribution in [2.24, 2.45) is 0 Å². The summed E-state index contributed by atoms with van der Waals surface area (Å²) in [7, 11) is 0. The second kappa shape index (κ2) is 9.37. The summed E-state index contributed by atoms with van der Waals surface area (Å²) in [5, 5.41) is 14.5. The number of carbonyl (C=O) groups excluding carboxylic acids is 1. The lowest BCUT2D eigenvalue weighted by Crippen LogP contribution is -2.37. The molecule has 0 bridgehead atoms. The molecule has 1 atom stereocenters. The lowest BCUT2D eigenvalue weighted by atomic mass is 10.0. The van der Waals surface area contributed by atoms with E-state index >= 15 is 0 Å². The molecule has 164 valence electrons. The summed E-state index contributed by atoms with van der Waals surface area (Å²) in [5.41, 5.74) is 2.72. The number of hydrogen-bond acceptors (Lipinski definition) is 5. The summed E-state index contributed by atoms with van der Waals surface area (Å²) >= 11 is 0. The van der Waals surface area contributed by atoms with Crippen LogP contribution in [0.4, 0.5) is 22.7 Å². The summed E-state index contributed by atoms with van der Waals surface area (Å²) in [6, 6.07) is 13.1. The number of piperidine rings is 2. The van der Waals surface area contributed by atoms with E-state index in [1.165, 1.54) is 25.3 Å². The monoisotopic (exact) mass is 422 g/mol. The first-order valence-corrected chi connectivity index (χ1v) is 11.2. The third-order valence-electron chi connectivity index (χ3n) is 6.39. The highest BCUT2D eigenvalue weighted by Gasteiger charge is 2.23. The summed E-state index contributed by atoms with van der Waals surface area (Å²) in [5.74, 6) is -0.340. The van der Waals surface area contributed by atoms with Gasteiger partial charge >= 0.3 is 0 Å². The van der Waals surface area contributed by atoms with Crippen molar-refractivity contribution in [3.05, 3.63) is 58.1 Å². The number of nitrogens with zero attached hydrogens (tertiary/aromatic N) is 3. The zero-order chi connectivity index (χ0) is 21.8. The van der Waals surface area contributed by atoms with Gasteiger partial charge in [0.15, 0.2) is 0 Å². The van der Waals surface area contributed by atoms with Gasteiger partial charge in [0.2, 0.25) is 0 Å². The van der Waals surface area contributed by atoms with Crippen molar-refractivity contribution < 1.29 is 9.72 Å². The van der Waals surface area contributed by atoms with Gasteiger partial charge in [-0.1, -0.05) is 0 Å². The van der Waals surface area contributed by atoms with Gasteiger partial charge in [-0.2, -0.15) is 0 Å². The Morgan fingerprint density at radius 2 is 1.71 bits per heavy atom. The highest BCUT2D eigenvalue weighted by atomic mass is 16.6. The Labute approximate surface area is 183 Å². The number of benzene rings is 2. The number of amides is 1. The van der Waals surface area contributed by atoms with Crippen molar-refractivity contribution in [2.75, 3.05) is 34.8 Å². The lowest BCUT2D eigenvalue weighted by molar-refractivity contribution is -0.384. The molecule has 2 saturated heterocycles. The molecule has 2 fully saturated rings. The number of anilines is 3. The topological polar surface area (TPSA) is 78.7 Å². The fraction of sp³-hybridized carbons (Fsp3) is 0.458. The van der Waals surface area contributed by atoms with Gasteiger partial charge in [0.25, 0.3) is 11.6 Å². The molecule has 0 saturated carbocycles. The van der Waals surface area contributed by atoms with E-state index in [1.807, 2.05) is 29.2 Å². The molecule has 0 unspecified atom stereocenters. The van der Waals surface area contributed by atoms with Crippen LogP contribution < -0.4 is 15.1 Å². The van der Waals surface area contributed by atoms with Gasteiger partial charge in [-0.25, -0.2) is 0 Å². The molecular weight excluding hydrogens is 392 g/mol. The Bertz CT molecular complexity index is 938. The van der Waals surface area contributed by atoms with Crippen LogP contribution >= 0.6 is 0 Å². The van der Waals surface area contributed by atoms with Crippen LogP contribution in [0.25, 0.3) is 0 Å². The van der Waals surface area contributed by atoms with Crippen LogP contribution in [0.2, 0.25) is 0 Å². The highest BCUT2D eigenvalue weighted by Crippen LogP contribution is 2.32. The largest absolute Gasteiger partial charge is 0.369 e. The average molecular weight is 423 g/mol. The predicted octanol–water partition coefficient (Wildman–Crippen LogP) is 5.22. The van der Waals surface area contributed by atoms with Gasteiger partial charge < -0.3 is 15.1 Å². The molecule has 0 radical (unpaired) electrons. The van der Waals surface area contributed by atoms with Crippen molar-refractivity contribution in [3.63, 3.8) is 0 Å². The van der Waals surface area contributed by atoms with E-state index in [-0.39, 0.29) is 11.6 Å². The molecule has 0 aromatic heterocycles. The van der Waals surface area contributed by atoms with Gasteiger partial charge in [-0.15, -0.1) is 0 Å². The van der Waals surface area contributed by atoms with E-state index < -0.39 is 4.92 Å². The number of carbonyl (C=O) groups is 1. The van der Waals surface area contributed by atoms with Crippen LogP contribution in [0, 0.1) is 10.1 Å². The fourth-order valence-corrected chi connectivity index (χ4v) is 4.63. The number of hydrogen-bond donors (Lipinski definition) is 1. The van der Waals surface area contributed by atoms with Gasteiger partial charge in [0, 0.05) is 48.7 Å². The maximum atomic E-state index is 12.8. The fourth-order valence-electron chi connectivity index (χ4n) is 4.63. The van der Waals surface area contributed by atoms with Crippen molar-refractivity contribution >= 4 is 28.7 Å². The maximum Gasteiger partial charge on any atom is 0.293 e. The normalized spacial score (nSPS) is 19.2. The minimum absolute atomic E-state index is 0.0102. The highest BCUT2D eigenvalue weighted by molar-refractivity contribution is 6.05. The first-order chi connectivity index (χ1) is 15.0. The van der Waals surface area contributed by atoms with E-state index in [0.717, 1.165) is 44.6 Å². The molecule has 1 N–H and O–H groups in total. The van der Waals surface area contributed by atoms with Gasteiger partial charge in [0.1, 0.15) is 5.69 Å². The number of nitro groups is 1. The molecule has 4 rings (SSSR count). The molecular formula is C24H30N4O3. The maximum absolute atomic E-state index is 12.8. The molecule has 7 nitrogen and oxygen atoms in total. The number of rotatable bonds is 5. The second-order valence-corrected chi connectivity index (χ2v) is 8.55. The Balaban J connectivity index is 1.48. The SMILES string of the molecule is C[C@H]1CCCCN1c1ccc(NC(=O)c2ccc(N3CCCCC3)c([N+](=O)[O-])c2)cc1. The molecule has 2 aromatic carbocycles. The van der Waals surface area contributed by atoms with E-state index in [9.17, 15) is 14.9 Å². The number of nitro benzene ring substituents is 1. The Kier molecular flexibility index (Phi) is 6.39. The first-order valence-electron chi connectivity index (χ1n) is 11.2. The van der Waals surface area contributed by atoms with Crippen molar-refractivity contribution in [2.45, 2.75) is 51.5 Å². The zero-order valence-corrected chi connectivity index (χ0v) is 18.0. The van der Waals surface area contributed by atoms with Crippen molar-refractivity contribution in [1.82, 2.24) is 0 Å². The molecule has 2 aromatic rings. The van der Waals surface area contributed by atoms with Crippen LogP contribution in [0.5, 0.6) is 0 Å². The van der Waals surface area contributed by atoms with Crippen LogP contribution in [-0.2, 0) is 0 Å². The van der Waals surface area contributed by atoms with E-state index in [0.29, 0.717) is 23.0 Å². The van der Waals surface area contributed by atoms with E-state index in [4.69, 9.17) is 0 Å². The third-order valence-corrected chi connectivity index (χ3v) is 6.39. The summed E-state index contributed by atoms with van der Waals surface area (Å²) in [6.07, 6.45) is 6.89. The molecule has 7 heteroatoms. The molecule has 2 heterocycles. The summed E-state index contributed by atoms with van der Waals surface area (Å²) < 4.78 is 0. The van der Waals surface area contributed by atoms with Gasteiger partial charge in [-0.05, 0) is 81.8 Å². The standard InChI is InChI=1S/C24H30N4O3/c1-18-7-3-6-16-27(18)21-11-9-20(10-12-21)25-24(29)19-8-13-22(23(17-19)28(30)31)26-14-4-2-5-15-26/h8-13,17-18H,2-7,14-16H2,1H3,(H,25,29)/t18-/m0/s1. The first kappa shape index (κ1) is 21.2. The van der Waals surface area contributed by atoms with Crippen molar-refractivity contribution in [3.8, 4) is 0 Å². The molecule has 31 heavy (non-hydrogen) atoms. The second-order valence-electron chi connectivity index (χ2n) is 8.55. The van der Waals surface area contributed by atoms with Gasteiger partial charge in [-0.3, -0.25) is 14.9 Å². The van der Waals surface area contributed by atoms with Crippen LogP contribution in [-0.4, -0.2) is 36.5 Å². The molecule has 2 aliphatic heterocycles. The smallest absolute Gasteiger partial charge is 0.293 e. The van der Waals surface area contributed by atoms with Crippen molar-refractivity contribution in [1.29, 1.82) is 0 Å². The quantitative estimate of drug-likeness (QED) is 0.528. The Morgan fingerprint density at radius 3 is 2.39 bits per heavy atom. The average Bonchev–Trinajstić information content (AvgIpc) is 2.80. The van der Waals surface area contributed by atoms with E-state index in [1.54, 1.807) is 12.1 Å². The Morgan fingerprint density at radius 1 is 1.00 bits per heavy atom. The minimum Gasteiger partial charge on any atom is -0.369 e. The Hall–Kier alpha value is -3.09. The third kappa shape index (κ3) is 4.81. The lowest BCUT2D eigenvalue weighted by Gasteiger charge is -2.35. The predicted molar refractivity (Wildman–Crippen MR) is 124 cm³/mol. The van der Waals surface area contributed by atoms with Gasteiger partial charge in [0.05, 0.1) is 4.92 Å². The molecule has 2 aliphatic rings. The van der Waals surface area contributed by atoms with Crippen LogP contribution in [0.1, 0.15) is 55.8 Å². The summed E-state index contributed by atoms with van der Waals surface area (Å²) in [4.78, 5) is 28.5. The molecule has 0 spiro atoms. The zero-order valence-electron chi connectivity index (χ0n) is 18.0. The van der Waals surface area contributed by atoms with Crippen LogP contribution in [0.3, 0.4) is 0 Å². The molecule has 0 aliphatic carbocycles. The summed E-state index contributed by atoms with van der Waals surface area (Å²) in [6.45, 7) is 4.93.